The number of rotatable bonds is 13. The van der Waals surface area contributed by atoms with Gasteiger partial charge < -0.3 is 9.47 Å². The van der Waals surface area contributed by atoms with Crippen LogP contribution in [0.1, 0.15) is 99.8 Å². The summed E-state index contributed by atoms with van der Waals surface area (Å²) in [5.41, 5.74) is 0.533. The van der Waals surface area contributed by atoms with Crippen LogP contribution in [0, 0.1) is 5.92 Å². The van der Waals surface area contributed by atoms with Gasteiger partial charge in [-0.1, -0.05) is 70.9 Å². The molecule has 0 spiro atoms. The average molecular weight is 377 g/mol. The lowest BCUT2D eigenvalue weighted by molar-refractivity contribution is 0.0360. The Balaban J connectivity index is 2.25. The van der Waals surface area contributed by atoms with Gasteiger partial charge >= 0.3 is 11.9 Å². The summed E-state index contributed by atoms with van der Waals surface area (Å²) in [5, 5.41) is 0. The van der Waals surface area contributed by atoms with Crippen molar-refractivity contribution < 1.29 is 19.1 Å². The fraction of sp³-hybridized carbons (Fsp3) is 0.652. The van der Waals surface area contributed by atoms with Crippen LogP contribution in [0.4, 0.5) is 0 Å². The Morgan fingerprint density at radius 3 is 1.85 bits per heavy atom. The summed E-state index contributed by atoms with van der Waals surface area (Å²) in [4.78, 5) is 24.4. The van der Waals surface area contributed by atoms with E-state index in [0.29, 0.717) is 6.61 Å². The quantitative estimate of drug-likeness (QED) is 0.304. The fourth-order valence-corrected chi connectivity index (χ4v) is 2.90. The Bertz CT molecular complexity index is 563. The molecule has 0 aromatic heterocycles. The maximum absolute atomic E-state index is 12.3. The first-order chi connectivity index (χ1) is 12.9. The number of hydrogen-bond donors (Lipinski definition) is 0. The van der Waals surface area contributed by atoms with Gasteiger partial charge in [0.1, 0.15) is 0 Å². The van der Waals surface area contributed by atoms with Crippen molar-refractivity contribution in [2.24, 2.45) is 5.92 Å². The monoisotopic (exact) mass is 376 g/mol. The van der Waals surface area contributed by atoms with Gasteiger partial charge in [-0.2, -0.15) is 0 Å². The molecule has 0 radical (unpaired) electrons. The Kier molecular flexibility index (Phi) is 11.5. The van der Waals surface area contributed by atoms with Crippen LogP contribution in [0.2, 0.25) is 0 Å². The Morgan fingerprint density at radius 1 is 0.778 bits per heavy atom. The number of unbranched alkanes of at least 4 members (excludes halogenated alkanes) is 6. The van der Waals surface area contributed by atoms with Crippen LogP contribution in [0.5, 0.6) is 0 Å². The highest BCUT2D eigenvalue weighted by Crippen LogP contribution is 2.14. The van der Waals surface area contributed by atoms with E-state index in [4.69, 9.17) is 9.47 Å². The Hall–Kier alpha value is -1.84. The summed E-state index contributed by atoms with van der Waals surface area (Å²) < 4.78 is 10.5. The fourth-order valence-electron chi connectivity index (χ4n) is 2.90. The van der Waals surface area contributed by atoms with Gasteiger partial charge in [0.25, 0.3) is 0 Å². The van der Waals surface area contributed by atoms with Crippen LogP contribution in [-0.4, -0.2) is 24.6 Å². The molecule has 152 valence electrons. The maximum atomic E-state index is 12.3. The SMILES string of the molecule is CC(C)CCCCCCCCCOC(=O)c1ccccc1C(=O)OC(C)C. The van der Waals surface area contributed by atoms with Crippen LogP contribution < -0.4 is 0 Å². The lowest BCUT2D eigenvalue weighted by Crippen LogP contribution is -2.17. The normalized spacial score (nSPS) is 11.0. The first kappa shape index (κ1) is 23.2. The zero-order valence-corrected chi connectivity index (χ0v) is 17.5. The largest absolute Gasteiger partial charge is 0.462 e. The molecule has 0 saturated heterocycles. The minimum atomic E-state index is -0.491. The van der Waals surface area contributed by atoms with Crippen LogP contribution in [0.3, 0.4) is 0 Å². The smallest absolute Gasteiger partial charge is 0.339 e. The number of ether oxygens (including phenoxy) is 2. The lowest BCUT2D eigenvalue weighted by Gasteiger charge is -2.11. The van der Waals surface area contributed by atoms with E-state index in [1.165, 1.54) is 38.5 Å². The van der Waals surface area contributed by atoms with Gasteiger partial charge in [-0.15, -0.1) is 0 Å². The highest BCUT2D eigenvalue weighted by atomic mass is 16.5. The van der Waals surface area contributed by atoms with E-state index in [-0.39, 0.29) is 17.2 Å². The Morgan fingerprint density at radius 2 is 1.30 bits per heavy atom. The molecule has 27 heavy (non-hydrogen) atoms. The molecule has 1 aromatic carbocycles. The predicted molar refractivity (Wildman–Crippen MR) is 109 cm³/mol. The van der Waals surface area contributed by atoms with Crippen LogP contribution in [0.15, 0.2) is 24.3 Å². The predicted octanol–water partition coefficient (Wildman–Crippen LogP) is 6.19. The summed E-state index contributed by atoms with van der Waals surface area (Å²) >= 11 is 0. The third-order valence-corrected chi connectivity index (χ3v) is 4.37. The zero-order valence-electron chi connectivity index (χ0n) is 17.5. The van der Waals surface area contributed by atoms with Crippen molar-refractivity contribution in [1.82, 2.24) is 0 Å². The van der Waals surface area contributed by atoms with E-state index in [1.807, 2.05) is 0 Å². The summed E-state index contributed by atoms with van der Waals surface area (Å²) in [5.74, 6) is -0.146. The lowest BCUT2D eigenvalue weighted by atomic mass is 10.0. The number of hydrogen-bond acceptors (Lipinski definition) is 4. The van der Waals surface area contributed by atoms with E-state index in [0.717, 1.165) is 18.8 Å². The second-order valence-corrected chi connectivity index (χ2v) is 7.79. The molecule has 0 saturated carbocycles. The van der Waals surface area contributed by atoms with Gasteiger partial charge in [-0.05, 0) is 38.3 Å². The highest BCUT2D eigenvalue weighted by Gasteiger charge is 2.19. The molecule has 4 heteroatoms. The summed E-state index contributed by atoms with van der Waals surface area (Å²) in [6.45, 7) is 8.49. The minimum absolute atomic E-state index is 0.230. The average Bonchev–Trinajstić information content (AvgIpc) is 2.62. The van der Waals surface area contributed by atoms with Gasteiger partial charge in [0.15, 0.2) is 0 Å². The number of benzene rings is 1. The molecule has 0 unspecified atom stereocenters. The van der Waals surface area contributed by atoms with Crippen molar-refractivity contribution in [2.45, 2.75) is 85.2 Å². The summed E-state index contributed by atoms with van der Waals surface area (Å²) in [7, 11) is 0. The van der Waals surface area contributed by atoms with Gasteiger partial charge in [-0.3, -0.25) is 0 Å². The van der Waals surface area contributed by atoms with Gasteiger partial charge in [-0.25, -0.2) is 9.59 Å². The van der Waals surface area contributed by atoms with E-state index in [9.17, 15) is 9.59 Å². The molecular weight excluding hydrogens is 340 g/mol. The van der Waals surface area contributed by atoms with Gasteiger partial charge in [0.05, 0.1) is 23.8 Å². The van der Waals surface area contributed by atoms with E-state index in [2.05, 4.69) is 13.8 Å². The van der Waals surface area contributed by atoms with Crippen molar-refractivity contribution in [3.63, 3.8) is 0 Å². The van der Waals surface area contributed by atoms with Crippen molar-refractivity contribution >= 4 is 11.9 Å². The second-order valence-electron chi connectivity index (χ2n) is 7.79. The number of esters is 2. The molecule has 1 aromatic rings. The highest BCUT2D eigenvalue weighted by molar-refractivity contribution is 6.03. The van der Waals surface area contributed by atoms with Crippen LogP contribution in [-0.2, 0) is 9.47 Å². The standard InChI is InChI=1S/C23H36O4/c1-18(2)14-10-8-6-5-7-9-13-17-26-22(24)20-15-11-12-16-21(20)23(25)27-19(3)4/h11-12,15-16,18-19H,5-10,13-14,17H2,1-4H3. The third-order valence-electron chi connectivity index (χ3n) is 4.37. The van der Waals surface area contributed by atoms with E-state index in [1.54, 1.807) is 38.1 Å². The molecule has 0 heterocycles. The first-order valence-corrected chi connectivity index (χ1v) is 10.4. The van der Waals surface area contributed by atoms with Crippen molar-refractivity contribution in [2.75, 3.05) is 6.61 Å². The molecule has 0 atom stereocenters. The third kappa shape index (κ3) is 10.2. The van der Waals surface area contributed by atoms with Crippen molar-refractivity contribution in [3.05, 3.63) is 35.4 Å². The second kappa shape index (κ2) is 13.3. The molecule has 1 rings (SSSR count). The summed E-state index contributed by atoms with van der Waals surface area (Å²) in [6, 6.07) is 6.65. The molecule has 0 bridgehead atoms. The number of carbonyl (C=O) groups excluding carboxylic acids is 2. The molecule has 0 amide bonds. The molecule has 0 aliphatic rings. The van der Waals surface area contributed by atoms with Crippen LogP contribution >= 0.6 is 0 Å². The molecule has 0 N–H and O–H groups in total. The van der Waals surface area contributed by atoms with Crippen molar-refractivity contribution in [3.8, 4) is 0 Å². The van der Waals surface area contributed by atoms with Crippen LogP contribution in [0.25, 0.3) is 0 Å². The first-order valence-electron chi connectivity index (χ1n) is 10.4. The molecular formula is C23H36O4. The Labute approximate surface area is 164 Å². The van der Waals surface area contributed by atoms with E-state index >= 15 is 0 Å². The zero-order chi connectivity index (χ0) is 20.1. The molecule has 4 nitrogen and oxygen atoms in total. The minimum Gasteiger partial charge on any atom is -0.462 e. The van der Waals surface area contributed by atoms with Crippen molar-refractivity contribution in [1.29, 1.82) is 0 Å². The molecule has 0 aliphatic carbocycles. The maximum Gasteiger partial charge on any atom is 0.339 e. The van der Waals surface area contributed by atoms with Gasteiger partial charge in [0.2, 0.25) is 0 Å². The van der Waals surface area contributed by atoms with Gasteiger partial charge in [0, 0.05) is 0 Å². The summed E-state index contributed by atoms with van der Waals surface area (Å²) in [6.07, 6.45) is 9.37. The molecule has 0 fully saturated rings. The van der Waals surface area contributed by atoms with E-state index < -0.39 is 11.9 Å². The number of carbonyl (C=O) groups is 2. The topological polar surface area (TPSA) is 52.6 Å². The molecule has 0 aliphatic heterocycles.